The first-order valence-corrected chi connectivity index (χ1v) is 39.7. The first-order valence-electron chi connectivity index (χ1n) is 36.7. The van der Waals surface area contributed by atoms with Crippen LogP contribution in [0.25, 0.3) is 0 Å². The average molecular weight is 1330 g/mol. The van der Waals surface area contributed by atoms with E-state index in [1.807, 2.05) is 0 Å². The van der Waals surface area contributed by atoms with E-state index in [0.29, 0.717) is 31.6 Å². The Kier molecular flexibility index (Phi) is 59.4. The molecule has 0 aromatic rings. The summed E-state index contributed by atoms with van der Waals surface area (Å²) in [7, 11) is -9.90. The fourth-order valence-corrected chi connectivity index (χ4v) is 12.2. The molecule has 0 aliphatic heterocycles. The molecule has 0 fully saturated rings. The van der Waals surface area contributed by atoms with Gasteiger partial charge in [-0.25, -0.2) is 9.13 Å². The molecule has 0 heterocycles. The summed E-state index contributed by atoms with van der Waals surface area (Å²) < 4.78 is 68.3. The molecule has 90 heavy (non-hydrogen) atoms. The highest BCUT2D eigenvalue weighted by molar-refractivity contribution is 7.47. The first-order chi connectivity index (χ1) is 43.1. The highest BCUT2D eigenvalue weighted by Gasteiger charge is 2.30. The Hall–Kier alpha value is -1.94. The normalized spacial score (nSPS) is 14.6. The van der Waals surface area contributed by atoms with Gasteiger partial charge in [0, 0.05) is 25.7 Å². The molecule has 4 unspecified atom stereocenters. The Balaban J connectivity index is 5.23. The molecular formula is C71H138O17P2. The van der Waals surface area contributed by atoms with E-state index >= 15 is 0 Å². The molecular weight excluding hydrogens is 1190 g/mol. The van der Waals surface area contributed by atoms with Crippen LogP contribution in [0.5, 0.6) is 0 Å². The van der Waals surface area contributed by atoms with E-state index in [2.05, 4.69) is 55.4 Å². The Labute approximate surface area is 549 Å². The van der Waals surface area contributed by atoms with Crippen molar-refractivity contribution in [3.63, 3.8) is 0 Å². The quantitative estimate of drug-likeness (QED) is 0.0222. The predicted octanol–water partition coefficient (Wildman–Crippen LogP) is 20.1. The number of ether oxygens (including phenoxy) is 4. The van der Waals surface area contributed by atoms with Gasteiger partial charge in [0.15, 0.2) is 12.2 Å². The van der Waals surface area contributed by atoms with Crippen molar-refractivity contribution in [2.24, 2.45) is 23.7 Å². The maximum absolute atomic E-state index is 13.0. The number of carbonyl (C=O) groups excluding carboxylic acids is 4. The number of unbranched alkanes of at least 4 members (excludes halogenated alkanes) is 33. The van der Waals surface area contributed by atoms with Crippen molar-refractivity contribution in [1.82, 2.24) is 0 Å². The monoisotopic (exact) mass is 1320 g/mol. The van der Waals surface area contributed by atoms with Crippen LogP contribution in [0.15, 0.2) is 0 Å². The Morgan fingerprint density at radius 3 is 0.789 bits per heavy atom. The van der Waals surface area contributed by atoms with Gasteiger partial charge < -0.3 is 33.8 Å². The van der Waals surface area contributed by atoms with Crippen LogP contribution < -0.4 is 0 Å². The van der Waals surface area contributed by atoms with E-state index in [9.17, 15) is 43.2 Å². The second kappa shape index (κ2) is 60.7. The van der Waals surface area contributed by atoms with E-state index < -0.39 is 97.5 Å². The predicted molar refractivity (Wildman–Crippen MR) is 363 cm³/mol. The van der Waals surface area contributed by atoms with Crippen molar-refractivity contribution in [3.05, 3.63) is 0 Å². The molecule has 0 aliphatic carbocycles. The van der Waals surface area contributed by atoms with Crippen LogP contribution >= 0.6 is 15.6 Å². The first kappa shape index (κ1) is 88.1. The van der Waals surface area contributed by atoms with E-state index in [1.165, 1.54) is 148 Å². The number of hydrogen-bond donors (Lipinski definition) is 3. The van der Waals surface area contributed by atoms with Crippen LogP contribution in [0.4, 0.5) is 0 Å². The van der Waals surface area contributed by atoms with Crippen molar-refractivity contribution < 1.29 is 80.2 Å². The number of esters is 4. The number of phosphoric ester groups is 2. The molecule has 3 N–H and O–H groups in total. The maximum Gasteiger partial charge on any atom is 0.472 e. The van der Waals surface area contributed by atoms with Crippen molar-refractivity contribution in [2.75, 3.05) is 39.6 Å². The van der Waals surface area contributed by atoms with Gasteiger partial charge in [-0.05, 0) is 49.4 Å². The zero-order valence-corrected chi connectivity index (χ0v) is 60.6. The number of carbonyl (C=O) groups is 4. The molecule has 0 aromatic carbocycles. The van der Waals surface area contributed by atoms with Crippen LogP contribution in [0.2, 0.25) is 0 Å². The summed E-state index contributed by atoms with van der Waals surface area (Å²) in [5, 5.41) is 10.6. The van der Waals surface area contributed by atoms with Gasteiger partial charge in [0.25, 0.3) is 0 Å². The van der Waals surface area contributed by atoms with E-state index in [4.69, 9.17) is 37.0 Å². The fourth-order valence-electron chi connectivity index (χ4n) is 10.6. The Bertz CT molecular complexity index is 1780. The zero-order chi connectivity index (χ0) is 66.8. The van der Waals surface area contributed by atoms with Crippen LogP contribution in [-0.2, 0) is 65.4 Å². The van der Waals surface area contributed by atoms with Crippen molar-refractivity contribution in [2.45, 2.75) is 369 Å². The standard InChI is InChI=1S/C71H138O17P2/c1-9-64(8)50-42-34-26-19-21-29-38-46-54-71(76)88-66(57-81-68(73)51-43-35-27-17-15-13-11-10-12-14-16-23-31-39-47-61(2)3)59-85-89(77,78)83-55-65(72)56-84-90(79,80)86-60-67(58-82-69(74)52-44-36-30-22-25-33-41-49-63(6)7)87-70(75)53-45-37-28-20-18-24-32-40-48-62(4)5/h61-67,72H,9-60H2,1-8H3,(H,77,78)(H,79,80)/t64?,65?,66-,67-/m1/s1. The molecule has 0 bridgehead atoms. The van der Waals surface area contributed by atoms with Gasteiger partial charge in [-0.15, -0.1) is 0 Å². The third-order valence-electron chi connectivity index (χ3n) is 16.7. The summed E-state index contributed by atoms with van der Waals surface area (Å²) in [5.41, 5.74) is 0. The molecule has 17 nitrogen and oxygen atoms in total. The lowest BCUT2D eigenvalue weighted by Crippen LogP contribution is -2.30. The maximum atomic E-state index is 13.0. The SMILES string of the molecule is CCC(C)CCCCCCCCCCC(=O)O[C@H](COC(=O)CCCCCCCCCCCCCCCCC(C)C)COP(=O)(O)OCC(O)COP(=O)(O)OC[C@@H](COC(=O)CCCCCCCCCC(C)C)OC(=O)CCCCCCCCCCC(C)C. The highest BCUT2D eigenvalue weighted by Crippen LogP contribution is 2.45. The highest BCUT2D eigenvalue weighted by atomic mass is 31.2. The minimum absolute atomic E-state index is 0.103. The molecule has 0 saturated carbocycles. The lowest BCUT2D eigenvalue weighted by Gasteiger charge is -2.21. The van der Waals surface area contributed by atoms with Gasteiger partial charge in [0.05, 0.1) is 26.4 Å². The van der Waals surface area contributed by atoms with Crippen molar-refractivity contribution in [3.8, 4) is 0 Å². The van der Waals surface area contributed by atoms with Crippen LogP contribution in [0, 0.1) is 23.7 Å². The third kappa shape index (κ3) is 63.5. The summed E-state index contributed by atoms with van der Waals surface area (Å²) in [5.74, 6) is 0.861. The molecule has 6 atom stereocenters. The summed E-state index contributed by atoms with van der Waals surface area (Å²) in [6, 6.07) is 0. The third-order valence-corrected chi connectivity index (χ3v) is 18.6. The Morgan fingerprint density at radius 2 is 0.533 bits per heavy atom. The van der Waals surface area contributed by atoms with Gasteiger partial charge >= 0.3 is 39.5 Å². The van der Waals surface area contributed by atoms with E-state index in [1.54, 1.807) is 0 Å². The number of hydrogen-bond acceptors (Lipinski definition) is 15. The molecule has 0 rings (SSSR count). The second-order valence-electron chi connectivity index (χ2n) is 27.3. The van der Waals surface area contributed by atoms with E-state index in [-0.39, 0.29) is 25.7 Å². The fraction of sp³-hybridized carbons (Fsp3) is 0.944. The van der Waals surface area contributed by atoms with Crippen LogP contribution in [0.3, 0.4) is 0 Å². The number of phosphoric acid groups is 2. The van der Waals surface area contributed by atoms with Gasteiger partial charge in [-0.1, -0.05) is 299 Å². The van der Waals surface area contributed by atoms with Crippen LogP contribution in [-0.4, -0.2) is 96.7 Å². The molecule has 0 aliphatic rings. The van der Waals surface area contributed by atoms with Gasteiger partial charge in [-0.3, -0.25) is 37.3 Å². The van der Waals surface area contributed by atoms with Crippen molar-refractivity contribution in [1.29, 1.82) is 0 Å². The zero-order valence-electron chi connectivity index (χ0n) is 58.8. The molecule has 0 spiro atoms. The molecule has 0 aromatic heterocycles. The minimum atomic E-state index is -4.95. The average Bonchev–Trinajstić information content (AvgIpc) is 2.84. The summed E-state index contributed by atoms with van der Waals surface area (Å²) in [6.45, 7) is 14.1. The molecule has 0 amide bonds. The molecule has 0 radical (unpaired) electrons. The summed E-state index contributed by atoms with van der Waals surface area (Å²) in [6.07, 6.45) is 43.2. The minimum Gasteiger partial charge on any atom is -0.462 e. The van der Waals surface area contributed by atoms with Gasteiger partial charge in [0.2, 0.25) is 0 Å². The number of aliphatic hydroxyl groups excluding tert-OH is 1. The smallest absolute Gasteiger partial charge is 0.462 e. The summed E-state index contributed by atoms with van der Waals surface area (Å²) >= 11 is 0. The Morgan fingerprint density at radius 1 is 0.311 bits per heavy atom. The van der Waals surface area contributed by atoms with Gasteiger partial charge in [0.1, 0.15) is 19.3 Å². The van der Waals surface area contributed by atoms with Crippen molar-refractivity contribution >= 4 is 39.5 Å². The molecule has 0 saturated heterocycles. The van der Waals surface area contributed by atoms with E-state index in [0.717, 1.165) is 114 Å². The topological polar surface area (TPSA) is 237 Å². The van der Waals surface area contributed by atoms with Gasteiger partial charge in [-0.2, -0.15) is 0 Å². The molecule has 19 heteroatoms. The van der Waals surface area contributed by atoms with Crippen LogP contribution in [0.1, 0.15) is 351 Å². The summed E-state index contributed by atoms with van der Waals surface area (Å²) in [4.78, 5) is 72.5. The second-order valence-corrected chi connectivity index (χ2v) is 30.2. The number of rotatable bonds is 68. The lowest BCUT2D eigenvalue weighted by molar-refractivity contribution is -0.161. The largest absolute Gasteiger partial charge is 0.472 e. The molecule has 534 valence electrons. The number of aliphatic hydroxyl groups is 1. The lowest BCUT2D eigenvalue weighted by atomic mass is 9.99.